The van der Waals surface area contributed by atoms with E-state index in [0.29, 0.717) is 36.3 Å². The zero-order valence-corrected chi connectivity index (χ0v) is 33.9. The molecule has 0 radical (unpaired) electrons. The Kier molecular flexibility index (Phi) is 22.3. The van der Waals surface area contributed by atoms with E-state index in [1.54, 1.807) is 0 Å². The van der Waals surface area contributed by atoms with E-state index in [1.165, 1.54) is 122 Å². The van der Waals surface area contributed by atoms with Crippen molar-refractivity contribution < 1.29 is 0 Å². The van der Waals surface area contributed by atoms with E-state index in [0.717, 1.165) is 42.4 Å². The first-order valence-electron chi connectivity index (χ1n) is 21.8. The maximum Gasteiger partial charge on any atom is 0.0675 e. The molecule has 288 valence electrons. The standard InChI is InChI=1S/C44H87N5/c1-8-37-26-39(43(48)34(5)33(37)4)25-32(3)31(2)23-21-19-17-15-13-11-9-10-12-14-16-18-20-22-24-38(36(7)47)27-40-28-41(29-45)35(6)42(30-46)44(40)49/h31-44H,8-29,45,47-49H2,1-7H3. The molecule has 0 saturated heterocycles. The van der Waals surface area contributed by atoms with Gasteiger partial charge in [0.25, 0.3) is 0 Å². The third-order valence-electron chi connectivity index (χ3n) is 14.7. The van der Waals surface area contributed by atoms with Crippen LogP contribution in [-0.4, -0.2) is 24.7 Å². The lowest BCUT2D eigenvalue weighted by molar-refractivity contribution is 0.0803. The Hall–Kier alpha value is -0.670. The number of unbranched alkanes of at least 4 members (excludes halogenated alkanes) is 13. The molecule has 2 saturated carbocycles. The fraction of sp³-hybridized carbons (Fsp3) is 0.977. The minimum atomic E-state index is -0.0849. The molecular formula is C44H87N5. The lowest BCUT2D eigenvalue weighted by atomic mass is 9.63. The van der Waals surface area contributed by atoms with Gasteiger partial charge in [0.1, 0.15) is 0 Å². The molecule has 0 aromatic heterocycles. The van der Waals surface area contributed by atoms with Crippen LogP contribution in [0.2, 0.25) is 0 Å². The van der Waals surface area contributed by atoms with Gasteiger partial charge in [-0.15, -0.1) is 0 Å². The lowest BCUT2D eigenvalue weighted by Crippen LogP contribution is -2.50. The highest BCUT2D eigenvalue weighted by molar-refractivity contribution is 5.03. The Balaban J connectivity index is 1.44. The molecule has 2 aliphatic rings. The highest BCUT2D eigenvalue weighted by atomic mass is 14.7. The summed E-state index contributed by atoms with van der Waals surface area (Å²) in [5, 5.41) is 9.74. The van der Waals surface area contributed by atoms with Gasteiger partial charge in [-0.05, 0) is 105 Å². The van der Waals surface area contributed by atoms with Gasteiger partial charge in [0.15, 0.2) is 0 Å². The van der Waals surface area contributed by atoms with Crippen molar-refractivity contribution in [3.05, 3.63) is 0 Å². The second-order valence-electron chi connectivity index (χ2n) is 18.1. The highest BCUT2D eigenvalue weighted by Crippen LogP contribution is 2.43. The maximum absolute atomic E-state index is 9.74. The van der Waals surface area contributed by atoms with Gasteiger partial charge >= 0.3 is 0 Å². The van der Waals surface area contributed by atoms with Crippen LogP contribution in [0.4, 0.5) is 0 Å². The van der Waals surface area contributed by atoms with E-state index in [-0.39, 0.29) is 23.9 Å². The van der Waals surface area contributed by atoms with Gasteiger partial charge in [0.05, 0.1) is 12.0 Å². The van der Waals surface area contributed by atoms with Crippen molar-refractivity contribution in [3.63, 3.8) is 0 Å². The van der Waals surface area contributed by atoms with Crippen LogP contribution < -0.4 is 22.9 Å². The molecule has 8 N–H and O–H groups in total. The number of rotatable bonds is 25. The lowest BCUT2D eigenvalue weighted by Gasteiger charge is -2.44. The summed E-state index contributed by atoms with van der Waals surface area (Å²) in [4.78, 5) is 0. The molecule has 14 unspecified atom stereocenters. The first-order chi connectivity index (χ1) is 23.5. The number of hydrogen-bond acceptors (Lipinski definition) is 5. The highest BCUT2D eigenvalue weighted by Gasteiger charge is 2.41. The van der Waals surface area contributed by atoms with Crippen molar-refractivity contribution in [1.29, 1.82) is 5.26 Å². The minimum Gasteiger partial charge on any atom is -0.330 e. The van der Waals surface area contributed by atoms with Gasteiger partial charge < -0.3 is 22.9 Å². The van der Waals surface area contributed by atoms with E-state index in [4.69, 9.17) is 22.9 Å². The number of hydrogen-bond donors (Lipinski definition) is 4. The van der Waals surface area contributed by atoms with E-state index >= 15 is 0 Å². The maximum atomic E-state index is 9.74. The molecule has 5 heteroatoms. The molecule has 5 nitrogen and oxygen atoms in total. The summed E-state index contributed by atoms with van der Waals surface area (Å²) >= 11 is 0. The summed E-state index contributed by atoms with van der Waals surface area (Å²) in [7, 11) is 0. The Morgan fingerprint density at radius 1 is 0.592 bits per heavy atom. The van der Waals surface area contributed by atoms with E-state index in [2.05, 4.69) is 54.5 Å². The van der Waals surface area contributed by atoms with E-state index in [1.807, 2.05) is 0 Å². The molecule has 2 rings (SSSR count). The van der Waals surface area contributed by atoms with Gasteiger partial charge in [-0.3, -0.25) is 0 Å². The predicted molar refractivity (Wildman–Crippen MR) is 214 cm³/mol. The smallest absolute Gasteiger partial charge is 0.0675 e. The van der Waals surface area contributed by atoms with Gasteiger partial charge in [-0.25, -0.2) is 0 Å². The summed E-state index contributed by atoms with van der Waals surface area (Å²) in [5.74, 6) is 6.14. The number of nitrogens with two attached hydrogens (primary N) is 4. The second kappa shape index (κ2) is 24.5. The second-order valence-corrected chi connectivity index (χ2v) is 18.1. The summed E-state index contributed by atoms with van der Waals surface area (Å²) < 4.78 is 0. The Labute approximate surface area is 306 Å². The zero-order chi connectivity index (χ0) is 36.3. The van der Waals surface area contributed by atoms with E-state index in [9.17, 15) is 5.26 Å². The molecule has 0 aromatic rings. The van der Waals surface area contributed by atoms with Crippen LogP contribution in [0.1, 0.15) is 183 Å². The molecule has 2 fully saturated rings. The van der Waals surface area contributed by atoms with Crippen LogP contribution >= 0.6 is 0 Å². The van der Waals surface area contributed by atoms with Crippen molar-refractivity contribution in [2.75, 3.05) is 6.54 Å². The summed E-state index contributed by atoms with van der Waals surface area (Å²) in [6, 6.07) is 3.04. The molecular weight excluding hydrogens is 599 g/mol. The van der Waals surface area contributed by atoms with Crippen molar-refractivity contribution in [2.45, 2.75) is 201 Å². The summed E-state index contributed by atoms with van der Waals surface area (Å²) in [6.45, 7) is 17.2. The van der Waals surface area contributed by atoms with Crippen molar-refractivity contribution in [3.8, 4) is 6.07 Å². The third kappa shape index (κ3) is 15.1. The zero-order valence-electron chi connectivity index (χ0n) is 33.9. The van der Waals surface area contributed by atoms with Crippen molar-refractivity contribution in [1.82, 2.24) is 0 Å². The molecule has 2 aliphatic carbocycles. The van der Waals surface area contributed by atoms with Gasteiger partial charge in [0, 0.05) is 18.1 Å². The van der Waals surface area contributed by atoms with Gasteiger partial charge in [0.2, 0.25) is 0 Å². The Morgan fingerprint density at radius 3 is 1.53 bits per heavy atom. The van der Waals surface area contributed by atoms with E-state index < -0.39 is 0 Å². The molecule has 0 aliphatic heterocycles. The molecule has 49 heavy (non-hydrogen) atoms. The van der Waals surface area contributed by atoms with Crippen LogP contribution in [-0.2, 0) is 0 Å². The van der Waals surface area contributed by atoms with Crippen LogP contribution in [0.5, 0.6) is 0 Å². The molecule has 0 aromatic carbocycles. The molecule has 0 bridgehead atoms. The normalized spacial score (nSPS) is 33.1. The average molecular weight is 686 g/mol. The molecule has 0 spiro atoms. The number of nitriles is 1. The average Bonchev–Trinajstić information content (AvgIpc) is 3.08. The number of nitrogens with zero attached hydrogens (tertiary/aromatic N) is 1. The fourth-order valence-corrected chi connectivity index (χ4v) is 10.2. The van der Waals surface area contributed by atoms with Crippen LogP contribution in [0.15, 0.2) is 0 Å². The minimum absolute atomic E-state index is 0.0454. The SMILES string of the molecule is CCC1CC(CC(C)C(C)CCCCCCCCCCCCCCCCC(CC2CC(CN)C(C)C(C#N)C2N)C(C)N)C(N)C(C)C1C. The van der Waals surface area contributed by atoms with Gasteiger partial charge in [-0.1, -0.05) is 144 Å². The van der Waals surface area contributed by atoms with Crippen LogP contribution in [0, 0.1) is 76.4 Å². The summed E-state index contributed by atoms with van der Waals surface area (Å²) in [6.07, 6.45) is 28.1. The topological polar surface area (TPSA) is 128 Å². The van der Waals surface area contributed by atoms with Crippen LogP contribution in [0.3, 0.4) is 0 Å². The predicted octanol–water partition coefficient (Wildman–Crippen LogP) is 10.6. The molecule has 0 amide bonds. The fourth-order valence-electron chi connectivity index (χ4n) is 10.2. The Bertz CT molecular complexity index is 868. The quantitative estimate of drug-likeness (QED) is 0.0711. The third-order valence-corrected chi connectivity index (χ3v) is 14.7. The molecule has 14 atom stereocenters. The van der Waals surface area contributed by atoms with Gasteiger partial charge in [-0.2, -0.15) is 5.26 Å². The van der Waals surface area contributed by atoms with Crippen molar-refractivity contribution >= 4 is 0 Å². The Morgan fingerprint density at radius 2 is 1.06 bits per heavy atom. The molecule has 0 heterocycles. The first-order valence-corrected chi connectivity index (χ1v) is 21.8. The van der Waals surface area contributed by atoms with Crippen molar-refractivity contribution in [2.24, 2.45) is 88.0 Å². The summed E-state index contributed by atoms with van der Waals surface area (Å²) in [5.41, 5.74) is 25.9. The van der Waals surface area contributed by atoms with Crippen LogP contribution in [0.25, 0.3) is 0 Å². The monoisotopic (exact) mass is 686 g/mol. The largest absolute Gasteiger partial charge is 0.330 e. The first kappa shape index (κ1) is 44.5.